The number of hydrogen-bond acceptors (Lipinski definition) is 12. The first kappa shape index (κ1) is 77.9. The average Bonchev–Trinajstić information content (AvgIpc) is 1.38. The maximum atomic E-state index is 15.2. The highest BCUT2D eigenvalue weighted by Gasteiger charge is 2.46. The summed E-state index contributed by atoms with van der Waals surface area (Å²) >= 11 is 0. The smallest absolute Gasteiger partial charge is 0.246 e. The van der Waals surface area contributed by atoms with Crippen LogP contribution in [0.5, 0.6) is 0 Å². The third-order valence-electron chi connectivity index (χ3n) is 16.6. The molecule has 1 aliphatic rings. The predicted octanol–water partition coefficient (Wildman–Crippen LogP) is 3.66. The van der Waals surface area contributed by atoms with Crippen LogP contribution in [-0.4, -0.2) is 226 Å². The number of aliphatic hydroxyl groups excluding tert-OH is 1. The molecule has 0 aromatic carbocycles. The highest BCUT2D eigenvalue weighted by molar-refractivity contribution is 6.00. The van der Waals surface area contributed by atoms with E-state index in [0.717, 1.165) is 4.90 Å². The Morgan fingerprint density at radius 3 is 1.31 bits per heavy atom. The molecule has 13 atom stereocenters. The molecule has 0 aliphatic carbocycles. The van der Waals surface area contributed by atoms with E-state index in [1.807, 2.05) is 47.6 Å². The van der Waals surface area contributed by atoms with Gasteiger partial charge in [-0.15, -0.1) is 0 Å². The van der Waals surface area contributed by atoms with Crippen molar-refractivity contribution in [2.75, 3.05) is 48.8 Å². The summed E-state index contributed by atoms with van der Waals surface area (Å²) in [6, 6.07) is -13.6. The van der Waals surface area contributed by atoms with Crippen molar-refractivity contribution in [3.05, 3.63) is 12.2 Å². The fourth-order valence-electron chi connectivity index (χ4n) is 11.1. The van der Waals surface area contributed by atoms with Crippen molar-refractivity contribution in [1.29, 1.82) is 0 Å². The molecule has 23 heteroatoms. The highest BCUT2D eigenvalue weighted by Crippen LogP contribution is 2.26. The number of carbonyl (C=O) groups excluding carboxylic acids is 11. The molecule has 0 aromatic rings. The van der Waals surface area contributed by atoms with Crippen LogP contribution in [0.25, 0.3) is 0 Å². The number of amides is 11. The van der Waals surface area contributed by atoms with Crippen LogP contribution < -0.4 is 21.3 Å². The van der Waals surface area contributed by atoms with Crippen LogP contribution in [-0.2, 0) is 52.7 Å². The van der Waals surface area contributed by atoms with E-state index < -0.39 is 161 Å². The Bertz CT molecular complexity index is 2360. The molecule has 0 bridgehead atoms. The number of rotatable bonds is 15. The zero-order valence-corrected chi connectivity index (χ0v) is 56.9. The Balaban J connectivity index is 4.39. The van der Waals surface area contributed by atoms with Crippen molar-refractivity contribution in [3.63, 3.8) is 0 Å². The van der Waals surface area contributed by atoms with Gasteiger partial charge < -0.3 is 60.7 Å². The van der Waals surface area contributed by atoms with Gasteiger partial charge in [-0.25, -0.2) is 0 Å². The maximum absolute atomic E-state index is 15.2. The molecule has 1 aliphatic heterocycles. The molecular weight excluding hydrogens is 1100 g/mol. The van der Waals surface area contributed by atoms with Gasteiger partial charge in [-0.2, -0.15) is 0 Å². The van der Waals surface area contributed by atoms with Gasteiger partial charge >= 0.3 is 0 Å². The molecule has 3 unspecified atom stereocenters. The van der Waals surface area contributed by atoms with Gasteiger partial charge in [-0.3, -0.25) is 52.7 Å². The largest absolute Gasteiger partial charge is 0.390 e. The fraction of sp³-hybridized carbons (Fsp3) is 0.794. The molecule has 23 nitrogen and oxygen atoms in total. The second-order valence-corrected chi connectivity index (χ2v) is 26.2. The standard InChI is InChI=1S/C63H113N11O12/c1-26-29-30-40(16)52(75)51-56(79)66-44(27-2)59(82)68(20)43(19)58(81)74(28-3)49(38(12)13)55(78)67-48(37(10)11)62(85)69(21)45(31-34(4)5)54(77)64-41(17)53(76)65-42(18)57(80)70(22)46(32-35(6)7)60(83)71(23)47(33-36(8)9)61(84)72(24)50(39(14)15)63(86)73(51)25/h26,29,34-52,75H,27-28,30-33H2,1-25H3,(H,64,77)(H,65,76)(H,66,79)(H,67,78)/b29-26+/t40-,41+,42-,43?,44?,45+,46+,47+,48+,49?,50+,51+,52-/m1/s1. The van der Waals surface area contributed by atoms with Crippen LogP contribution in [0.2, 0.25) is 0 Å². The second-order valence-electron chi connectivity index (χ2n) is 26.2. The molecule has 11 amide bonds. The van der Waals surface area contributed by atoms with Crippen LogP contribution in [0.1, 0.15) is 164 Å². The van der Waals surface area contributed by atoms with E-state index in [4.69, 9.17) is 0 Å². The van der Waals surface area contributed by atoms with Crippen molar-refractivity contribution < 1.29 is 57.8 Å². The number of hydrogen-bond donors (Lipinski definition) is 5. The summed E-state index contributed by atoms with van der Waals surface area (Å²) < 4.78 is 0. The Kier molecular flexibility index (Phi) is 31.7. The van der Waals surface area contributed by atoms with Gasteiger partial charge in [0.25, 0.3) is 0 Å². The lowest BCUT2D eigenvalue weighted by atomic mass is 9.91. The zero-order chi connectivity index (χ0) is 66.8. The van der Waals surface area contributed by atoms with E-state index in [-0.39, 0.29) is 50.0 Å². The van der Waals surface area contributed by atoms with E-state index in [0.29, 0.717) is 6.42 Å². The van der Waals surface area contributed by atoms with Crippen molar-refractivity contribution in [2.45, 2.75) is 236 Å². The Hall–Kier alpha value is -6.13. The van der Waals surface area contributed by atoms with Crippen LogP contribution in [0.4, 0.5) is 0 Å². The van der Waals surface area contributed by atoms with E-state index in [9.17, 15) is 48.3 Å². The van der Waals surface area contributed by atoms with E-state index in [2.05, 4.69) is 21.3 Å². The van der Waals surface area contributed by atoms with Crippen LogP contribution in [0.15, 0.2) is 12.2 Å². The van der Waals surface area contributed by atoms with E-state index in [1.54, 1.807) is 75.3 Å². The van der Waals surface area contributed by atoms with E-state index >= 15 is 9.59 Å². The minimum Gasteiger partial charge on any atom is -0.390 e. The van der Waals surface area contributed by atoms with Gasteiger partial charge in [0.2, 0.25) is 65.0 Å². The fourth-order valence-corrected chi connectivity index (χ4v) is 11.1. The molecule has 1 rings (SSSR count). The lowest BCUT2D eigenvalue weighted by molar-refractivity contribution is -0.157. The Labute approximate surface area is 515 Å². The van der Waals surface area contributed by atoms with Gasteiger partial charge in [0.1, 0.15) is 66.5 Å². The van der Waals surface area contributed by atoms with E-state index in [1.165, 1.54) is 92.5 Å². The summed E-state index contributed by atoms with van der Waals surface area (Å²) in [6.07, 6.45) is 2.87. The van der Waals surface area contributed by atoms with Gasteiger partial charge in [0.15, 0.2) is 0 Å². The van der Waals surface area contributed by atoms with Crippen molar-refractivity contribution in [1.82, 2.24) is 55.6 Å². The monoisotopic (exact) mass is 1220 g/mol. The minimum absolute atomic E-state index is 0.0109. The molecule has 1 saturated heterocycles. The molecule has 0 saturated carbocycles. The van der Waals surface area contributed by atoms with Crippen LogP contribution in [0.3, 0.4) is 0 Å². The van der Waals surface area contributed by atoms with Gasteiger partial charge in [-0.05, 0) is 108 Å². The number of carbonyl (C=O) groups is 11. The third kappa shape index (κ3) is 20.5. The van der Waals surface area contributed by atoms with Gasteiger partial charge in [0.05, 0.1) is 6.10 Å². The minimum atomic E-state index is -1.62. The van der Waals surface area contributed by atoms with Crippen molar-refractivity contribution in [2.24, 2.45) is 41.4 Å². The van der Waals surface area contributed by atoms with Gasteiger partial charge in [-0.1, -0.05) is 109 Å². The molecule has 1 heterocycles. The molecule has 492 valence electrons. The lowest BCUT2D eigenvalue weighted by Crippen LogP contribution is -2.64. The molecule has 0 spiro atoms. The number of nitrogens with one attached hydrogen (secondary N) is 4. The molecule has 5 N–H and O–H groups in total. The summed E-state index contributed by atoms with van der Waals surface area (Å²) in [6.45, 7) is 32.8. The number of allylic oxidation sites excluding steroid dienone is 2. The Morgan fingerprint density at radius 2 is 0.872 bits per heavy atom. The normalized spacial score (nSPS) is 27.6. The number of likely N-dealkylation sites (N-methyl/N-ethyl adjacent to an activating group) is 7. The number of nitrogens with zero attached hydrogens (tertiary/aromatic N) is 7. The molecule has 0 radical (unpaired) electrons. The first-order chi connectivity index (χ1) is 39.7. The molecular formula is C63H113N11O12. The van der Waals surface area contributed by atoms with Crippen LogP contribution >= 0.6 is 0 Å². The van der Waals surface area contributed by atoms with Crippen LogP contribution in [0, 0.1) is 41.4 Å². The summed E-state index contributed by atoms with van der Waals surface area (Å²) in [5.74, 6) is -10.1. The zero-order valence-electron chi connectivity index (χ0n) is 56.9. The topological polar surface area (TPSA) is 279 Å². The SMILES string of the molecule is C/C=C/C[C@@H](C)[C@@H](O)[C@H]1C(=O)NC(CC)C(=O)N(C)C(C)C(=O)N(CC)C(C(C)C)C(=O)N[C@@H](C(C)C)C(=O)N(C)[C@@H](CC(C)C)C(=O)N[C@@H](C)C(=O)N[C@H](C)C(=O)N(C)[C@@H](CC(C)C)C(=O)N(C)[C@@H](CC(C)C)C(=O)N(C)[C@@H](C(C)C)C(=O)N1C. The first-order valence-electron chi connectivity index (χ1n) is 31.1. The lowest BCUT2D eigenvalue weighted by Gasteiger charge is -2.41. The van der Waals surface area contributed by atoms with Crippen molar-refractivity contribution in [3.8, 4) is 0 Å². The predicted molar refractivity (Wildman–Crippen MR) is 333 cm³/mol. The number of aliphatic hydroxyl groups is 1. The second kappa shape index (κ2) is 35.0. The molecule has 86 heavy (non-hydrogen) atoms. The highest BCUT2D eigenvalue weighted by atomic mass is 16.3. The maximum Gasteiger partial charge on any atom is 0.246 e. The quantitative estimate of drug-likeness (QED) is 0.147. The Morgan fingerprint density at radius 1 is 0.442 bits per heavy atom. The van der Waals surface area contributed by atoms with Crippen molar-refractivity contribution >= 4 is 65.0 Å². The molecule has 1 fully saturated rings. The molecule has 0 aromatic heterocycles. The third-order valence-corrected chi connectivity index (χ3v) is 16.6. The average molecular weight is 1220 g/mol. The summed E-state index contributed by atoms with van der Waals surface area (Å²) in [4.78, 5) is 170. The summed E-state index contributed by atoms with van der Waals surface area (Å²) in [7, 11) is 8.53. The first-order valence-corrected chi connectivity index (χ1v) is 31.1. The van der Waals surface area contributed by atoms with Gasteiger partial charge in [0, 0.05) is 48.8 Å². The summed E-state index contributed by atoms with van der Waals surface area (Å²) in [5, 5.41) is 23.2. The summed E-state index contributed by atoms with van der Waals surface area (Å²) in [5.41, 5.74) is 0.